The number of hydrogen-bond acceptors (Lipinski definition) is 7. The third-order valence-electron chi connectivity index (χ3n) is 3.05. The van der Waals surface area contributed by atoms with Crippen molar-refractivity contribution in [3.8, 4) is 11.5 Å². The van der Waals surface area contributed by atoms with E-state index in [9.17, 15) is 8.42 Å². The molecule has 0 atom stereocenters. The molecule has 0 spiro atoms. The smallest absolute Gasteiger partial charge is 0.264 e. The molecule has 1 rings (SSSR count). The molecule has 0 aliphatic heterocycles. The minimum Gasteiger partial charge on any atom is -0.467 e. The molecule has 8 heteroatoms. The fraction of sp³-hybridized carbons (Fsp3) is 0.529. The average Bonchev–Trinajstić information content (AvgIpc) is 2.53. The van der Waals surface area contributed by atoms with E-state index in [1.807, 2.05) is 19.9 Å². The molecule has 142 valence electrons. The van der Waals surface area contributed by atoms with Crippen molar-refractivity contribution in [1.82, 2.24) is 0 Å². The zero-order chi connectivity index (χ0) is 18.9. The molecule has 0 saturated carbocycles. The van der Waals surface area contributed by atoms with E-state index in [2.05, 4.69) is 0 Å². The molecule has 0 heterocycles. The third kappa shape index (κ3) is 8.35. The Morgan fingerprint density at radius 3 is 1.96 bits per heavy atom. The summed E-state index contributed by atoms with van der Waals surface area (Å²) >= 11 is 0. The Bertz CT molecular complexity index is 647. The van der Waals surface area contributed by atoms with Crippen LogP contribution in [-0.2, 0) is 36.8 Å². The van der Waals surface area contributed by atoms with Crippen LogP contribution in [0, 0.1) is 0 Å². The third-order valence-corrected chi connectivity index (χ3v) is 3.59. The van der Waals surface area contributed by atoms with Crippen LogP contribution in [0.3, 0.4) is 0 Å². The number of rotatable bonds is 11. The standard InChI is InChI=1S/C17H26O7S/c1-13(2)6-7-15-16(22-11-20-3)8-14(10-24-25(5,18)19)9-17(15)23-12-21-4/h6,8-9H,7,10-12H2,1-5H3. The first-order valence-corrected chi connectivity index (χ1v) is 9.45. The van der Waals surface area contributed by atoms with Crippen molar-refractivity contribution in [3.63, 3.8) is 0 Å². The Labute approximate surface area is 149 Å². The summed E-state index contributed by atoms with van der Waals surface area (Å²) in [6, 6.07) is 3.44. The maximum absolute atomic E-state index is 11.2. The molecule has 0 N–H and O–H groups in total. The van der Waals surface area contributed by atoms with Crippen LogP contribution < -0.4 is 9.47 Å². The second-order valence-corrected chi connectivity index (χ2v) is 7.27. The van der Waals surface area contributed by atoms with Crippen LogP contribution in [0.25, 0.3) is 0 Å². The predicted octanol–water partition coefficient (Wildman–Crippen LogP) is 2.64. The first kappa shape index (κ1) is 21.4. The van der Waals surface area contributed by atoms with Gasteiger partial charge in [0.25, 0.3) is 10.1 Å². The van der Waals surface area contributed by atoms with Crippen LogP contribution in [0.2, 0.25) is 0 Å². The first-order chi connectivity index (χ1) is 11.8. The van der Waals surface area contributed by atoms with Crippen molar-refractivity contribution in [2.45, 2.75) is 26.9 Å². The molecule has 0 saturated heterocycles. The number of methoxy groups -OCH3 is 2. The second kappa shape index (κ2) is 10.4. The Kier molecular flexibility index (Phi) is 8.91. The quantitative estimate of drug-likeness (QED) is 0.335. The molecule has 0 aliphatic rings. The lowest BCUT2D eigenvalue weighted by Gasteiger charge is -2.17. The molecule has 0 unspecified atom stereocenters. The maximum atomic E-state index is 11.2. The molecule has 0 radical (unpaired) electrons. The van der Waals surface area contributed by atoms with E-state index >= 15 is 0 Å². The number of ether oxygens (including phenoxy) is 4. The lowest BCUT2D eigenvalue weighted by atomic mass is 10.0. The fourth-order valence-corrected chi connectivity index (χ4v) is 2.29. The number of allylic oxidation sites excluding steroid dienone is 2. The van der Waals surface area contributed by atoms with E-state index in [0.717, 1.165) is 17.4 Å². The van der Waals surface area contributed by atoms with Gasteiger partial charge in [0.2, 0.25) is 0 Å². The van der Waals surface area contributed by atoms with Gasteiger partial charge in [-0.25, -0.2) is 0 Å². The van der Waals surface area contributed by atoms with Crippen molar-refractivity contribution in [3.05, 3.63) is 34.9 Å². The minimum absolute atomic E-state index is 0.0575. The fourth-order valence-electron chi connectivity index (χ4n) is 1.94. The van der Waals surface area contributed by atoms with Gasteiger partial charge in [0, 0.05) is 19.8 Å². The number of benzene rings is 1. The molecule has 0 fully saturated rings. The van der Waals surface area contributed by atoms with Gasteiger partial charge in [-0.2, -0.15) is 8.42 Å². The Hall–Kier alpha value is -1.61. The molecule has 0 amide bonds. The van der Waals surface area contributed by atoms with Gasteiger partial charge < -0.3 is 18.9 Å². The molecule has 0 bridgehead atoms. The van der Waals surface area contributed by atoms with Crippen molar-refractivity contribution in [2.75, 3.05) is 34.1 Å². The Morgan fingerprint density at radius 1 is 1.04 bits per heavy atom. The topological polar surface area (TPSA) is 80.3 Å². The first-order valence-electron chi connectivity index (χ1n) is 7.64. The van der Waals surface area contributed by atoms with Crippen LogP contribution in [-0.4, -0.2) is 42.5 Å². The molecule has 25 heavy (non-hydrogen) atoms. The highest BCUT2D eigenvalue weighted by atomic mass is 32.2. The average molecular weight is 374 g/mol. The van der Waals surface area contributed by atoms with E-state index < -0.39 is 10.1 Å². The van der Waals surface area contributed by atoms with Crippen molar-refractivity contribution in [1.29, 1.82) is 0 Å². The Balaban J connectivity index is 3.25. The summed E-state index contributed by atoms with van der Waals surface area (Å²) in [5, 5.41) is 0. The van der Waals surface area contributed by atoms with Crippen molar-refractivity contribution < 1.29 is 31.5 Å². The lowest BCUT2D eigenvalue weighted by Crippen LogP contribution is -2.08. The van der Waals surface area contributed by atoms with Gasteiger partial charge in [-0.15, -0.1) is 0 Å². The zero-order valence-electron chi connectivity index (χ0n) is 15.3. The summed E-state index contributed by atoms with van der Waals surface area (Å²) in [7, 11) is -0.509. The zero-order valence-corrected chi connectivity index (χ0v) is 16.1. The van der Waals surface area contributed by atoms with Crippen molar-refractivity contribution >= 4 is 10.1 Å². The summed E-state index contributed by atoms with van der Waals surface area (Å²) in [6.07, 6.45) is 3.63. The molecule has 1 aromatic carbocycles. The normalized spacial score (nSPS) is 11.2. The van der Waals surface area contributed by atoms with Gasteiger partial charge in [-0.05, 0) is 38.0 Å². The molecule has 0 aromatic heterocycles. The molecular weight excluding hydrogens is 348 g/mol. The summed E-state index contributed by atoms with van der Waals surface area (Å²) in [6.45, 7) is 4.00. The van der Waals surface area contributed by atoms with Gasteiger partial charge in [-0.1, -0.05) is 11.6 Å². The summed E-state index contributed by atoms with van der Waals surface area (Å²) in [5.41, 5.74) is 2.57. The van der Waals surface area contributed by atoms with Crippen LogP contribution in [0.5, 0.6) is 11.5 Å². The monoisotopic (exact) mass is 374 g/mol. The van der Waals surface area contributed by atoms with Crippen LogP contribution in [0.1, 0.15) is 25.0 Å². The van der Waals surface area contributed by atoms with Gasteiger partial charge in [0.1, 0.15) is 11.5 Å². The van der Waals surface area contributed by atoms with Gasteiger partial charge in [0.05, 0.1) is 12.9 Å². The van der Waals surface area contributed by atoms with Gasteiger partial charge in [0.15, 0.2) is 13.6 Å². The second-order valence-electron chi connectivity index (χ2n) is 5.62. The van der Waals surface area contributed by atoms with Crippen LogP contribution in [0.15, 0.2) is 23.8 Å². The lowest BCUT2D eigenvalue weighted by molar-refractivity contribution is 0.0446. The summed E-state index contributed by atoms with van der Waals surface area (Å²) < 4.78 is 48.5. The molecule has 0 aliphatic carbocycles. The van der Waals surface area contributed by atoms with E-state index in [4.69, 9.17) is 23.1 Å². The molecular formula is C17H26O7S. The Morgan fingerprint density at radius 2 is 1.56 bits per heavy atom. The largest absolute Gasteiger partial charge is 0.467 e. The van der Waals surface area contributed by atoms with E-state index in [1.54, 1.807) is 12.1 Å². The highest BCUT2D eigenvalue weighted by Gasteiger charge is 2.15. The number of hydrogen-bond donors (Lipinski definition) is 0. The minimum atomic E-state index is -3.55. The molecule has 1 aromatic rings. The molecule has 7 nitrogen and oxygen atoms in total. The highest BCUT2D eigenvalue weighted by Crippen LogP contribution is 2.32. The summed E-state index contributed by atoms with van der Waals surface area (Å²) in [4.78, 5) is 0. The van der Waals surface area contributed by atoms with Gasteiger partial charge in [-0.3, -0.25) is 4.18 Å². The van der Waals surface area contributed by atoms with E-state index in [1.165, 1.54) is 14.2 Å². The van der Waals surface area contributed by atoms with Gasteiger partial charge >= 0.3 is 0 Å². The maximum Gasteiger partial charge on any atom is 0.264 e. The predicted molar refractivity (Wildman–Crippen MR) is 94.2 cm³/mol. The van der Waals surface area contributed by atoms with E-state index in [0.29, 0.717) is 23.5 Å². The van der Waals surface area contributed by atoms with E-state index in [-0.39, 0.29) is 20.2 Å². The highest BCUT2D eigenvalue weighted by molar-refractivity contribution is 7.85. The van der Waals surface area contributed by atoms with Crippen LogP contribution in [0.4, 0.5) is 0 Å². The summed E-state index contributed by atoms with van der Waals surface area (Å²) in [5.74, 6) is 1.08. The SMILES string of the molecule is COCOc1cc(COS(C)(=O)=O)cc(OCOC)c1CC=C(C)C. The van der Waals surface area contributed by atoms with Crippen molar-refractivity contribution in [2.24, 2.45) is 0 Å². The van der Waals surface area contributed by atoms with Crippen LogP contribution >= 0.6 is 0 Å².